The quantitative estimate of drug-likeness (QED) is 0.886. The molecule has 0 aromatic heterocycles. The average Bonchev–Trinajstić information content (AvgIpc) is 2.36. The van der Waals surface area contributed by atoms with Crippen molar-refractivity contribution in [3.05, 3.63) is 33.8 Å². The maximum absolute atomic E-state index is 12.1. The van der Waals surface area contributed by atoms with Crippen molar-refractivity contribution in [3.8, 4) is 0 Å². The second-order valence-corrected chi connectivity index (χ2v) is 6.27. The van der Waals surface area contributed by atoms with Crippen LogP contribution in [0, 0.1) is 5.41 Å². The summed E-state index contributed by atoms with van der Waals surface area (Å²) in [5.41, 5.74) is 0.679. The summed E-state index contributed by atoms with van der Waals surface area (Å²) in [5, 5.41) is 7.26. The van der Waals surface area contributed by atoms with E-state index in [2.05, 4.69) is 17.6 Å². The Labute approximate surface area is 135 Å². The van der Waals surface area contributed by atoms with Gasteiger partial charge >= 0.3 is 0 Å². The van der Waals surface area contributed by atoms with Gasteiger partial charge in [-0.05, 0) is 49.5 Å². The van der Waals surface area contributed by atoms with Crippen LogP contribution in [0.1, 0.15) is 30.1 Å². The van der Waals surface area contributed by atoms with Crippen molar-refractivity contribution in [3.63, 3.8) is 0 Å². The Hall–Kier alpha value is -0.480. The van der Waals surface area contributed by atoms with Gasteiger partial charge in [-0.25, -0.2) is 0 Å². The Morgan fingerprint density at radius 1 is 1.25 bits per heavy atom. The molecule has 0 bridgehead atoms. The van der Waals surface area contributed by atoms with Gasteiger partial charge in [-0.2, -0.15) is 0 Å². The monoisotopic (exact) mass is 336 g/mol. The van der Waals surface area contributed by atoms with Crippen molar-refractivity contribution in [1.29, 1.82) is 0 Å². The molecule has 1 aromatic carbocycles. The van der Waals surface area contributed by atoms with Crippen LogP contribution in [0.5, 0.6) is 0 Å². The second kappa shape index (κ2) is 7.51. The van der Waals surface area contributed by atoms with Gasteiger partial charge in [0.25, 0.3) is 5.91 Å². The van der Waals surface area contributed by atoms with Crippen LogP contribution in [0.4, 0.5) is 0 Å². The molecular weight excluding hydrogens is 319 g/mol. The second-order valence-electron chi connectivity index (χ2n) is 5.40. The molecule has 0 atom stereocenters. The number of nitrogens with one attached hydrogen (secondary N) is 2. The van der Waals surface area contributed by atoms with E-state index in [1.54, 1.807) is 18.2 Å². The van der Waals surface area contributed by atoms with Crippen LogP contribution in [0.25, 0.3) is 0 Å². The maximum atomic E-state index is 12.1. The van der Waals surface area contributed by atoms with Crippen LogP contribution < -0.4 is 10.6 Å². The summed E-state index contributed by atoms with van der Waals surface area (Å²) in [6.07, 6.45) is 2.15. The SMILES string of the molecule is CC1(CNC(=O)c2cc(Cl)cc(Cl)c2)CCNCC1.Cl. The Balaban J connectivity index is 0.00000200. The van der Waals surface area contributed by atoms with E-state index in [9.17, 15) is 4.79 Å². The van der Waals surface area contributed by atoms with Crippen LogP contribution >= 0.6 is 35.6 Å². The molecule has 3 nitrogen and oxygen atoms in total. The summed E-state index contributed by atoms with van der Waals surface area (Å²) >= 11 is 11.8. The molecular formula is C14H19Cl3N2O. The summed E-state index contributed by atoms with van der Waals surface area (Å²) in [5.74, 6) is -0.121. The first-order valence-electron chi connectivity index (χ1n) is 6.44. The molecule has 0 radical (unpaired) electrons. The number of hydrogen-bond acceptors (Lipinski definition) is 2. The molecule has 1 heterocycles. The van der Waals surface area contributed by atoms with Crippen molar-refractivity contribution < 1.29 is 4.79 Å². The van der Waals surface area contributed by atoms with Crippen molar-refractivity contribution in [1.82, 2.24) is 10.6 Å². The summed E-state index contributed by atoms with van der Waals surface area (Å²) in [7, 11) is 0. The molecule has 1 aliphatic heterocycles. The number of hydrogen-bond donors (Lipinski definition) is 2. The molecule has 0 aliphatic carbocycles. The topological polar surface area (TPSA) is 41.1 Å². The van der Waals surface area contributed by atoms with Gasteiger partial charge in [-0.15, -0.1) is 12.4 Å². The molecule has 112 valence electrons. The number of carbonyl (C=O) groups is 1. The highest BCUT2D eigenvalue weighted by atomic mass is 35.5. The highest BCUT2D eigenvalue weighted by Crippen LogP contribution is 2.27. The van der Waals surface area contributed by atoms with Crippen LogP contribution in [-0.4, -0.2) is 25.5 Å². The van der Waals surface area contributed by atoms with E-state index in [0.717, 1.165) is 25.9 Å². The lowest BCUT2D eigenvalue weighted by Crippen LogP contribution is -2.42. The lowest BCUT2D eigenvalue weighted by Gasteiger charge is -2.34. The van der Waals surface area contributed by atoms with Crippen LogP contribution in [0.3, 0.4) is 0 Å². The third kappa shape index (κ3) is 4.81. The zero-order valence-corrected chi connectivity index (χ0v) is 13.7. The minimum Gasteiger partial charge on any atom is -0.351 e. The van der Waals surface area contributed by atoms with Gasteiger partial charge in [-0.1, -0.05) is 30.1 Å². The smallest absolute Gasteiger partial charge is 0.251 e. The molecule has 2 N–H and O–H groups in total. The molecule has 0 unspecified atom stereocenters. The van der Waals surface area contributed by atoms with E-state index in [1.807, 2.05) is 0 Å². The normalized spacial score (nSPS) is 17.1. The predicted molar refractivity (Wildman–Crippen MR) is 86.3 cm³/mol. The van der Waals surface area contributed by atoms with Crippen molar-refractivity contribution in [2.24, 2.45) is 5.41 Å². The number of rotatable bonds is 3. The fraction of sp³-hybridized carbons (Fsp3) is 0.500. The van der Waals surface area contributed by atoms with E-state index in [1.165, 1.54) is 0 Å². The van der Waals surface area contributed by atoms with E-state index >= 15 is 0 Å². The number of amides is 1. The van der Waals surface area contributed by atoms with E-state index in [0.29, 0.717) is 22.2 Å². The minimum absolute atomic E-state index is 0. The van der Waals surface area contributed by atoms with Crippen molar-refractivity contribution in [2.45, 2.75) is 19.8 Å². The molecule has 1 fully saturated rings. The molecule has 6 heteroatoms. The van der Waals surface area contributed by atoms with Crippen LogP contribution in [0.15, 0.2) is 18.2 Å². The minimum atomic E-state index is -0.121. The molecule has 2 rings (SSSR count). The molecule has 0 spiro atoms. The van der Waals surface area contributed by atoms with Crippen molar-refractivity contribution >= 4 is 41.5 Å². The molecule has 1 amide bonds. The third-order valence-corrected chi connectivity index (χ3v) is 4.05. The van der Waals surface area contributed by atoms with Gasteiger partial charge < -0.3 is 10.6 Å². The molecule has 1 aliphatic rings. The standard InChI is InChI=1S/C14H18Cl2N2O.ClH/c1-14(2-4-17-5-3-14)9-18-13(19)10-6-11(15)8-12(16)7-10;/h6-8,17H,2-5,9H2,1H3,(H,18,19);1H. The van der Waals surface area contributed by atoms with Gasteiger partial charge in [0.15, 0.2) is 0 Å². The Morgan fingerprint density at radius 3 is 2.35 bits per heavy atom. The number of halogens is 3. The lowest BCUT2D eigenvalue weighted by molar-refractivity contribution is 0.0922. The highest BCUT2D eigenvalue weighted by Gasteiger charge is 2.27. The van der Waals surface area contributed by atoms with Crippen LogP contribution in [0.2, 0.25) is 10.0 Å². The maximum Gasteiger partial charge on any atom is 0.251 e. The summed E-state index contributed by atoms with van der Waals surface area (Å²) in [4.78, 5) is 12.1. The largest absolute Gasteiger partial charge is 0.351 e. The Kier molecular flexibility index (Phi) is 6.59. The first-order chi connectivity index (χ1) is 8.98. The zero-order chi connectivity index (χ0) is 13.9. The highest BCUT2D eigenvalue weighted by molar-refractivity contribution is 6.35. The summed E-state index contributed by atoms with van der Waals surface area (Å²) in [6, 6.07) is 4.88. The van der Waals surface area contributed by atoms with Gasteiger partial charge in [-0.3, -0.25) is 4.79 Å². The van der Waals surface area contributed by atoms with E-state index in [-0.39, 0.29) is 23.7 Å². The third-order valence-electron chi connectivity index (χ3n) is 3.61. The van der Waals surface area contributed by atoms with Crippen LogP contribution in [-0.2, 0) is 0 Å². The predicted octanol–water partition coefficient (Wildman–Crippen LogP) is 3.53. The van der Waals surface area contributed by atoms with Gasteiger partial charge in [0, 0.05) is 22.2 Å². The fourth-order valence-corrected chi connectivity index (χ4v) is 2.81. The average molecular weight is 338 g/mol. The molecule has 1 aromatic rings. The first kappa shape index (κ1) is 17.6. The van der Waals surface area contributed by atoms with Gasteiger partial charge in [0.05, 0.1) is 0 Å². The molecule has 0 saturated carbocycles. The summed E-state index contributed by atoms with van der Waals surface area (Å²) in [6.45, 7) is 4.90. The van der Waals surface area contributed by atoms with Gasteiger partial charge in [0.1, 0.15) is 0 Å². The molecule has 1 saturated heterocycles. The number of piperidine rings is 1. The van der Waals surface area contributed by atoms with Crippen molar-refractivity contribution in [2.75, 3.05) is 19.6 Å². The summed E-state index contributed by atoms with van der Waals surface area (Å²) < 4.78 is 0. The van der Waals surface area contributed by atoms with E-state index in [4.69, 9.17) is 23.2 Å². The molecule has 20 heavy (non-hydrogen) atoms. The number of carbonyl (C=O) groups excluding carboxylic acids is 1. The first-order valence-corrected chi connectivity index (χ1v) is 7.19. The Bertz CT molecular complexity index is 453. The fourth-order valence-electron chi connectivity index (χ4n) is 2.29. The zero-order valence-electron chi connectivity index (χ0n) is 11.3. The lowest BCUT2D eigenvalue weighted by atomic mass is 9.81. The van der Waals surface area contributed by atoms with Gasteiger partial charge in [0.2, 0.25) is 0 Å². The number of benzene rings is 1. The van der Waals surface area contributed by atoms with E-state index < -0.39 is 0 Å². The Morgan fingerprint density at radius 2 is 1.80 bits per heavy atom.